The van der Waals surface area contributed by atoms with Crippen molar-refractivity contribution in [3.8, 4) is 11.8 Å². The molecule has 3 amide bonds. The van der Waals surface area contributed by atoms with Crippen LogP contribution in [0.15, 0.2) is 12.1 Å². The van der Waals surface area contributed by atoms with Gasteiger partial charge in [-0.3, -0.25) is 4.79 Å². The Bertz CT molecular complexity index is 682. The highest BCUT2D eigenvalue weighted by Crippen LogP contribution is 2.27. The minimum absolute atomic E-state index is 0.00471. The standard InChI is InChI=1S/C15H16F2N4O3/c1-24-13-9-11(17)10(16)8-12(13)19-15(23)21-6-4-20(5-7-21)14(22)2-3-18/h8-9H,2,4-7H2,1H3,(H,19,23). The molecule has 7 nitrogen and oxygen atoms in total. The number of benzene rings is 1. The summed E-state index contributed by atoms with van der Waals surface area (Å²) in [5.41, 5.74) is 0.0180. The number of ether oxygens (including phenoxy) is 1. The second-order valence-corrected chi connectivity index (χ2v) is 5.10. The molecule has 0 aromatic heterocycles. The number of halogens is 2. The second kappa shape index (κ2) is 7.59. The molecule has 0 radical (unpaired) electrons. The summed E-state index contributed by atoms with van der Waals surface area (Å²) in [6.07, 6.45) is -0.196. The third kappa shape index (κ3) is 3.90. The first-order valence-electron chi connectivity index (χ1n) is 7.20. The average Bonchev–Trinajstić information content (AvgIpc) is 2.58. The quantitative estimate of drug-likeness (QED) is 0.906. The van der Waals surface area contributed by atoms with Crippen LogP contribution in [0.25, 0.3) is 0 Å². The van der Waals surface area contributed by atoms with Gasteiger partial charge in [-0.2, -0.15) is 5.26 Å². The lowest BCUT2D eigenvalue weighted by atomic mass is 10.2. The van der Waals surface area contributed by atoms with Gasteiger partial charge in [-0.15, -0.1) is 0 Å². The van der Waals surface area contributed by atoms with Gasteiger partial charge in [0.15, 0.2) is 11.6 Å². The zero-order valence-corrected chi connectivity index (χ0v) is 13.0. The van der Waals surface area contributed by atoms with Gasteiger partial charge in [0.1, 0.15) is 12.2 Å². The van der Waals surface area contributed by atoms with Crippen molar-refractivity contribution in [3.05, 3.63) is 23.8 Å². The fourth-order valence-corrected chi connectivity index (χ4v) is 2.33. The van der Waals surface area contributed by atoms with Crippen molar-refractivity contribution in [3.63, 3.8) is 0 Å². The summed E-state index contributed by atoms with van der Waals surface area (Å²) in [6.45, 7) is 1.16. The third-order valence-electron chi connectivity index (χ3n) is 3.63. The molecular formula is C15H16F2N4O3. The van der Waals surface area contributed by atoms with Crippen LogP contribution in [0.3, 0.4) is 0 Å². The first-order chi connectivity index (χ1) is 11.5. The Balaban J connectivity index is 1.98. The Labute approximate surface area is 137 Å². The molecule has 0 atom stereocenters. The van der Waals surface area contributed by atoms with Gasteiger partial charge in [0.25, 0.3) is 0 Å². The number of methoxy groups -OCH3 is 1. The van der Waals surface area contributed by atoms with Crippen LogP contribution in [0.1, 0.15) is 6.42 Å². The molecule has 9 heteroatoms. The summed E-state index contributed by atoms with van der Waals surface area (Å²) in [6, 6.07) is 2.98. The topological polar surface area (TPSA) is 85.7 Å². The van der Waals surface area contributed by atoms with Crippen LogP contribution in [-0.4, -0.2) is 55.0 Å². The largest absolute Gasteiger partial charge is 0.494 e. The first kappa shape index (κ1) is 17.5. The maximum Gasteiger partial charge on any atom is 0.322 e. The fourth-order valence-electron chi connectivity index (χ4n) is 2.33. The van der Waals surface area contributed by atoms with E-state index in [1.807, 2.05) is 0 Å². The van der Waals surface area contributed by atoms with E-state index in [-0.39, 0.29) is 36.9 Å². The molecule has 1 fully saturated rings. The second-order valence-electron chi connectivity index (χ2n) is 5.10. The molecule has 0 spiro atoms. The number of hydrogen-bond donors (Lipinski definition) is 1. The molecule has 0 aliphatic carbocycles. The van der Waals surface area contributed by atoms with Gasteiger partial charge in [-0.25, -0.2) is 13.6 Å². The number of amides is 3. The van der Waals surface area contributed by atoms with Crippen LogP contribution in [0.2, 0.25) is 0 Å². The van der Waals surface area contributed by atoms with Gasteiger partial charge in [0, 0.05) is 38.3 Å². The Hall–Kier alpha value is -2.89. The van der Waals surface area contributed by atoms with E-state index in [4.69, 9.17) is 10.00 Å². The summed E-state index contributed by atoms with van der Waals surface area (Å²) in [5.74, 6) is -2.45. The van der Waals surface area contributed by atoms with Crippen molar-refractivity contribution in [2.24, 2.45) is 0 Å². The SMILES string of the molecule is COc1cc(F)c(F)cc1NC(=O)N1CCN(C(=O)CC#N)CC1. The fraction of sp³-hybridized carbons (Fsp3) is 0.400. The number of piperazine rings is 1. The van der Waals surface area contributed by atoms with E-state index in [1.165, 1.54) is 16.9 Å². The Morgan fingerprint density at radius 3 is 2.38 bits per heavy atom. The molecule has 1 N–H and O–H groups in total. The summed E-state index contributed by atoms with van der Waals surface area (Å²) >= 11 is 0. The normalized spacial score (nSPS) is 14.1. The highest BCUT2D eigenvalue weighted by Gasteiger charge is 2.24. The van der Waals surface area contributed by atoms with E-state index in [1.54, 1.807) is 6.07 Å². The van der Waals surface area contributed by atoms with E-state index in [2.05, 4.69) is 5.32 Å². The van der Waals surface area contributed by atoms with Crippen molar-refractivity contribution in [1.29, 1.82) is 5.26 Å². The lowest BCUT2D eigenvalue weighted by Crippen LogP contribution is -2.51. The number of rotatable bonds is 3. The van der Waals surface area contributed by atoms with Crippen molar-refractivity contribution in [1.82, 2.24) is 9.80 Å². The number of nitriles is 1. The Morgan fingerprint density at radius 2 is 1.79 bits per heavy atom. The lowest BCUT2D eigenvalue weighted by molar-refractivity contribution is -0.131. The van der Waals surface area contributed by atoms with E-state index < -0.39 is 17.7 Å². The van der Waals surface area contributed by atoms with Crippen molar-refractivity contribution < 1.29 is 23.1 Å². The van der Waals surface area contributed by atoms with Gasteiger partial charge in [-0.05, 0) is 0 Å². The number of carbonyl (C=O) groups is 2. The molecule has 0 bridgehead atoms. The maximum atomic E-state index is 13.3. The van der Waals surface area contributed by atoms with E-state index in [0.717, 1.165) is 12.1 Å². The zero-order valence-electron chi connectivity index (χ0n) is 13.0. The summed E-state index contributed by atoms with van der Waals surface area (Å²) < 4.78 is 31.4. The predicted molar refractivity (Wildman–Crippen MR) is 80.3 cm³/mol. The molecule has 0 saturated carbocycles. The van der Waals surface area contributed by atoms with Crippen molar-refractivity contribution >= 4 is 17.6 Å². The van der Waals surface area contributed by atoms with Gasteiger partial charge in [-0.1, -0.05) is 0 Å². The molecule has 1 aliphatic heterocycles. The van der Waals surface area contributed by atoms with Gasteiger partial charge < -0.3 is 19.9 Å². The molecule has 1 heterocycles. The van der Waals surface area contributed by atoms with Crippen LogP contribution in [-0.2, 0) is 4.79 Å². The van der Waals surface area contributed by atoms with Crippen LogP contribution in [0.5, 0.6) is 5.75 Å². The molecule has 2 rings (SSSR count). The lowest BCUT2D eigenvalue weighted by Gasteiger charge is -2.34. The summed E-state index contributed by atoms with van der Waals surface area (Å²) in [5, 5.41) is 11.0. The van der Waals surface area contributed by atoms with E-state index in [9.17, 15) is 18.4 Å². The number of carbonyl (C=O) groups excluding carboxylic acids is 2. The van der Waals surface area contributed by atoms with Crippen LogP contribution < -0.4 is 10.1 Å². The number of urea groups is 1. The van der Waals surface area contributed by atoms with E-state index >= 15 is 0 Å². The number of nitrogens with zero attached hydrogens (tertiary/aromatic N) is 3. The molecule has 24 heavy (non-hydrogen) atoms. The molecule has 128 valence electrons. The molecule has 1 aliphatic rings. The van der Waals surface area contributed by atoms with Crippen LogP contribution in [0, 0.1) is 23.0 Å². The van der Waals surface area contributed by atoms with Crippen molar-refractivity contribution in [2.75, 3.05) is 38.6 Å². The minimum atomic E-state index is -1.10. The number of anilines is 1. The minimum Gasteiger partial charge on any atom is -0.494 e. The predicted octanol–water partition coefficient (Wildman–Crippen LogP) is 1.56. The summed E-state index contributed by atoms with van der Waals surface area (Å²) in [7, 11) is 1.28. The Morgan fingerprint density at radius 1 is 1.21 bits per heavy atom. The van der Waals surface area contributed by atoms with E-state index in [0.29, 0.717) is 13.1 Å². The highest BCUT2D eigenvalue weighted by molar-refractivity contribution is 5.91. The zero-order chi connectivity index (χ0) is 17.7. The van der Waals surface area contributed by atoms with Gasteiger partial charge in [0.05, 0.1) is 18.9 Å². The molecule has 1 saturated heterocycles. The highest BCUT2D eigenvalue weighted by atomic mass is 19.2. The first-order valence-corrected chi connectivity index (χ1v) is 7.20. The average molecular weight is 338 g/mol. The number of nitrogens with one attached hydrogen (secondary N) is 1. The van der Waals surface area contributed by atoms with Crippen LogP contribution in [0.4, 0.5) is 19.3 Å². The smallest absolute Gasteiger partial charge is 0.322 e. The maximum absolute atomic E-state index is 13.3. The third-order valence-corrected chi connectivity index (χ3v) is 3.63. The monoisotopic (exact) mass is 338 g/mol. The number of hydrogen-bond acceptors (Lipinski definition) is 4. The Kier molecular flexibility index (Phi) is 5.52. The summed E-state index contributed by atoms with van der Waals surface area (Å²) in [4.78, 5) is 26.8. The van der Waals surface area contributed by atoms with Gasteiger partial charge >= 0.3 is 6.03 Å². The van der Waals surface area contributed by atoms with Crippen molar-refractivity contribution in [2.45, 2.75) is 6.42 Å². The molecule has 0 unspecified atom stereocenters. The molecule has 1 aromatic rings. The van der Waals surface area contributed by atoms with Gasteiger partial charge in [0.2, 0.25) is 5.91 Å². The van der Waals surface area contributed by atoms with Crippen LogP contribution >= 0.6 is 0 Å². The molecule has 1 aromatic carbocycles. The molecular weight excluding hydrogens is 322 g/mol.